The number of nitrogen functional groups attached to an aromatic ring is 1. The molecule has 1 aliphatic rings. The largest absolute Gasteiger partial charge is 0.490 e. The molecule has 7 N–H and O–H groups in total. The van der Waals surface area contributed by atoms with Crippen molar-refractivity contribution >= 4 is 34.8 Å². The number of phosphoric acid groups is 3. The van der Waals surface area contributed by atoms with Crippen LogP contribution in [0.25, 0.3) is 5.52 Å². The first-order chi connectivity index (χ1) is 16.6. The second kappa shape index (κ2) is 9.66. The van der Waals surface area contributed by atoms with E-state index in [0.29, 0.717) is 0 Å². The predicted octanol–water partition coefficient (Wildman–Crippen LogP) is 0.275. The number of nitriles is 1. The van der Waals surface area contributed by atoms with E-state index in [1.54, 1.807) is 0 Å². The molecule has 3 rings (SSSR count). The molecule has 2 unspecified atom stereocenters. The van der Waals surface area contributed by atoms with E-state index in [9.17, 15) is 38.2 Å². The maximum absolute atomic E-state index is 14.3. The summed E-state index contributed by atoms with van der Waals surface area (Å²) in [5.41, 5.74) is 1.21. The molecular formula is C15H19FN5O12P3. The van der Waals surface area contributed by atoms with Crippen molar-refractivity contribution in [2.45, 2.75) is 17.3 Å². The monoisotopic (exact) mass is 573 g/mol. The highest BCUT2D eigenvalue weighted by Crippen LogP contribution is 2.66. The molecule has 0 amide bonds. The average molecular weight is 573 g/mol. The van der Waals surface area contributed by atoms with Crippen molar-refractivity contribution < 1.29 is 60.6 Å². The van der Waals surface area contributed by atoms with Crippen molar-refractivity contribution in [3.63, 3.8) is 0 Å². The fraction of sp³-hybridized carbons (Fsp3) is 0.400. The summed E-state index contributed by atoms with van der Waals surface area (Å²) in [6.45, 7) is 0.539. The van der Waals surface area contributed by atoms with Gasteiger partial charge in [0.25, 0.3) is 0 Å². The number of aliphatic hydroxyl groups excluding tert-OH is 1. The zero-order valence-corrected chi connectivity index (χ0v) is 20.4. The summed E-state index contributed by atoms with van der Waals surface area (Å²) in [5.74, 6) is -1.38. The molecule has 3 heterocycles. The molecule has 0 spiro atoms. The number of nitrogens with two attached hydrogens (primary N) is 1. The van der Waals surface area contributed by atoms with Gasteiger partial charge in [-0.05, 0) is 12.1 Å². The molecule has 1 saturated heterocycles. The summed E-state index contributed by atoms with van der Waals surface area (Å²) in [6, 6.07) is 4.58. The first-order valence-electron chi connectivity index (χ1n) is 9.40. The standard InChI is InChI=1S/C15H19FN5O12P3/c1-2-9-12(22)14(5-16,7-30-35(26,27)33-36(28,29)32-34(23,24)25)31-15(9,6-17)11-4-3-10-13(18)19-8-20-21(10)11/h2-4,8-9,12,22H,1,5,7H2,(H,26,27)(H,28,29)(H2,18,19,20)(H2,23,24,25)/t9-,12+,14-,15-/m1/s1. The average Bonchev–Trinajstić information content (AvgIpc) is 3.29. The van der Waals surface area contributed by atoms with Gasteiger partial charge in [-0.25, -0.2) is 27.6 Å². The summed E-state index contributed by atoms with van der Waals surface area (Å²) >= 11 is 0. The second-order valence-corrected chi connectivity index (χ2v) is 11.8. The van der Waals surface area contributed by atoms with Crippen LogP contribution in [0.15, 0.2) is 31.1 Å². The maximum Gasteiger partial charge on any atom is 0.490 e. The van der Waals surface area contributed by atoms with E-state index in [1.165, 1.54) is 12.1 Å². The number of halogens is 1. The molecule has 0 aromatic carbocycles. The number of nitrogens with zero attached hydrogens (tertiary/aromatic N) is 4. The van der Waals surface area contributed by atoms with E-state index in [2.05, 4.69) is 29.8 Å². The van der Waals surface area contributed by atoms with Crippen LogP contribution >= 0.6 is 23.5 Å². The van der Waals surface area contributed by atoms with Crippen LogP contribution in [-0.4, -0.2) is 64.3 Å². The lowest BCUT2D eigenvalue weighted by molar-refractivity contribution is -0.141. The lowest BCUT2D eigenvalue weighted by Gasteiger charge is -2.30. The van der Waals surface area contributed by atoms with Gasteiger partial charge in [0.05, 0.1) is 24.3 Å². The van der Waals surface area contributed by atoms with Crippen molar-refractivity contribution in [1.29, 1.82) is 5.26 Å². The number of phosphoric ester groups is 1. The van der Waals surface area contributed by atoms with Gasteiger partial charge in [-0.2, -0.15) is 19.0 Å². The van der Waals surface area contributed by atoms with Crippen LogP contribution in [0.5, 0.6) is 0 Å². The van der Waals surface area contributed by atoms with E-state index in [4.69, 9.17) is 20.3 Å². The van der Waals surface area contributed by atoms with Crippen molar-refractivity contribution in [1.82, 2.24) is 14.6 Å². The molecule has 1 fully saturated rings. The number of anilines is 1. The Kier molecular flexibility index (Phi) is 7.64. The van der Waals surface area contributed by atoms with Crippen LogP contribution < -0.4 is 5.73 Å². The van der Waals surface area contributed by atoms with Crippen molar-refractivity contribution in [3.8, 4) is 6.07 Å². The summed E-state index contributed by atoms with van der Waals surface area (Å²) in [4.78, 5) is 40.0. The minimum absolute atomic E-state index is 0.0162. The number of aliphatic hydroxyl groups is 1. The fourth-order valence-electron chi connectivity index (χ4n) is 3.66. The minimum atomic E-state index is -5.86. The molecule has 2 aromatic rings. The Labute approximate surface area is 201 Å². The molecule has 0 aliphatic carbocycles. The molecule has 2 aromatic heterocycles. The van der Waals surface area contributed by atoms with Gasteiger partial charge in [0.2, 0.25) is 5.60 Å². The molecule has 0 saturated carbocycles. The normalized spacial score (nSPS) is 29.9. The van der Waals surface area contributed by atoms with Gasteiger partial charge >= 0.3 is 23.5 Å². The van der Waals surface area contributed by atoms with Crippen LogP contribution in [0.1, 0.15) is 5.69 Å². The quantitative estimate of drug-likeness (QED) is 0.164. The number of fused-ring (bicyclic) bond motifs is 1. The van der Waals surface area contributed by atoms with Crippen LogP contribution in [0.2, 0.25) is 0 Å². The number of alkyl halides is 1. The van der Waals surface area contributed by atoms with Gasteiger partial charge in [-0.1, -0.05) is 6.08 Å². The second-order valence-electron chi connectivity index (χ2n) is 7.38. The van der Waals surface area contributed by atoms with E-state index in [1.807, 2.05) is 6.07 Å². The van der Waals surface area contributed by atoms with E-state index in [0.717, 1.165) is 16.9 Å². The minimum Gasteiger partial charge on any atom is -0.389 e. The number of hydrogen-bond acceptors (Lipinski definition) is 12. The van der Waals surface area contributed by atoms with Gasteiger partial charge in [0, 0.05) is 0 Å². The highest BCUT2D eigenvalue weighted by molar-refractivity contribution is 7.66. The van der Waals surface area contributed by atoms with Gasteiger partial charge in [0.1, 0.15) is 30.2 Å². The lowest BCUT2D eigenvalue weighted by atomic mass is 9.81. The molecular weight excluding hydrogens is 554 g/mol. The van der Waals surface area contributed by atoms with Crippen molar-refractivity contribution in [2.75, 3.05) is 19.0 Å². The van der Waals surface area contributed by atoms with Gasteiger partial charge in [0.15, 0.2) is 5.82 Å². The number of ether oxygens (including phenoxy) is 1. The Balaban J connectivity index is 1.97. The molecule has 0 bridgehead atoms. The van der Waals surface area contributed by atoms with Crippen LogP contribution in [-0.2, 0) is 37.2 Å². The Hall–Kier alpha value is -2.09. The predicted molar refractivity (Wildman–Crippen MR) is 114 cm³/mol. The van der Waals surface area contributed by atoms with Gasteiger partial charge in [-0.15, -0.1) is 6.58 Å². The summed E-state index contributed by atoms with van der Waals surface area (Å²) in [5, 5.41) is 24.9. The molecule has 1 aliphatic heterocycles. The van der Waals surface area contributed by atoms with Gasteiger partial charge in [-0.3, -0.25) is 4.52 Å². The first kappa shape index (κ1) is 28.5. The smallest absolute Gasteiger partial charge is 0.389 e. The Bertz CT molecular complexity index is 1360. The van der Waals surface area contributed by atoms with E-state index < -0.39 is 60.0 Å². The molecule has 198 valence electrons. The highest BCUT2D eigenvalue weighted by atomic mass is 31.3. The third-order valence-corrected chi connectivity index (χ3v) is 8.89. The SMILES string of the molecule is C=C[C@@H]1[C@H](O)[C@@](CF)(COP(=O)(O)OP(=O)(O)OP(=O)(O)O)O[C@@]1(C#N)c1ccc2c(N)ncnn12. The zero-order valence-electron chi connectivity index (χ0n) is 17.8. The molecule has 6 atom stereocenters. The van der Waals surface area contributed by atoms with Crippen LogP contribution in [0.4, 0.5) is 10.2 Å². The molecule has 36 heavy (non-hydrogen) atoms. The molecule has 17 nitrogen and oxygen atoms in total. The number of aromatic nitrogens is 3. The summed E-state index contributed by atoms with van der Waals surface area (Å²) in [7, 11) is -17.2. The Morgan fingerprint density at radius 3 is 2.50 bits per heavy atom. The van der Waals surface area contributed by atoms with Crippen molar-refractivity contribution in [3.05, 3.63) is 36.8 Å². The van der Waals surface area contributed by atoms with E-state index in [-0.39, 0.29) is 17.0 Å². The highest BCUT2D eigenvalue weighted by Gasteiger charge is 2.64. The molecule has 0 radical (unpaired) electrons. The van der Waals surface area contributed by atoms with E-state index >= 15 is 0 Å². The summed E-state index contributed by atoms with van der Waals surface area (Å²) < 4.78 is 67.2. The Morgan fingerprint density at radius 1 is 1.28 bits per heavy atom. The maximum atomic E-state index is 14.3. The van der Waals surface area contributed by atoms with Crippen LogP contribution in [0, 0.1) is 17.2 Å². The zero-order chi connectivity index (χ0) is 27.2. The van der Waals surface area contributed by atoms with Crippen LogP contribution in [0.3, 0.4) is 0 Å². The van der Waals surface area contributed by atoms with Gasteiger partial charge < -0.3 is 35.2 Å². The fourth-order valence-corrected chi connectivity index (χ4v) is 6.74. The topological polar surface area (TPSA) is 269 Å². The van der Waals surface area contributed by atoms with Crippen molar-refractivity contribution in [2.24, 2.45) is 5.92 Å². The number of hydrogen-bond donors (Lipinski definition) is 6. The lowest BCUT2D eigenvalue weighted by Crippen LogP contribution is -2.47. The Morgan fingerprint density at radius 2 is 1.94 bits per heavy atom. The first-order valence-corrected chi connectivity index (χ1v) is 13.9. The third kappa shape index (κ3) is 5.29. The molecule has 21 heteroatoms. The summed E-state index contributed by atoms with van der Waals surface area (Å²) in [6.07, 6.45) is 0.167. The number of rotatable bonds is 10. The third-order valence-electron chi connectivity index (χ3n) is 5.11.